The molecule has 11 rings (SSSR count). The van der Waals surface area contributed by atoms with E-state index in [0.29, 0.717) is 0 Å². The van der Waals surface area contributed by atoms with Crippen molar-refractivity contribution < 1.29 is 0 Å². The first-order chi connectivity index (χ1) is 27.7. The normalized spacial score (nSPS) is 11.6. The maximum atomic E-state index is 2.43. The fraction of sp³-hybridized carbons (Fsp3) is 0. The van der Waals surface area contributed by atoms with Crippen molar-refractivity contribution in [2.24, 2.45) is 0 Å². The monoisotopic (exact) mass is 708 g/mol. The molecule has 0 radical (unpaired) electrons. The molecule has 0 spiro atoms. The largest absolute Gasteiger partial charge is 0.0622 e. The van der Waals surface area contributed by atoms with Crippen LogP contribution in [0.4, 0.5) is 0 Å². The molecule has 11 aromatic rings. The van der Waals surface area contributed by atoms with Gasteiger partial charge < -0.3 is 0 Å². The van der Waals surface area contributed by atoms with E-state index in [1.54, 1.807) is 0 Å². The Hall–Kier alpha value is -7.28. The van der Waals surface area contributed by atoms with Crippen molar-refractivity contribution in [1.29, 1.82) is 0 Å². The lowest BCUT2D eigenvalue weighted by molar-refractivity contribution is 1.61. The first-order valence-corrected chi connectivity index (χ1v) is 19.4. The minimum Gasteiger partial charge on any atom is -0.0622 e. The summed E-state index contributed by atoms with van der Waals surface area (Å²) in [4.78, 5) is 0. The van der Waals surface area contributed by atoms with E-state index in [1.165, 1.54) is 109 Å². The third-order valence-electron chi connectivity index (χ3n) is 11.6. The van der Waals surface area contributed by atoms with Gasteiger partial charge in [-0.1, -0.05) is 176 Å². The van der Waals surface area contributed by atoms with Gasteiger partial charge in [0.2, 0.25) is 0 Å². The van der Waals surface area contributed by atoms with Crippen LogP contribution in [0.3, 0.4) is 0 Å². The van der Waals surface area contributed by atoms with Crippen LogP contribution in [0.5, 0.6) is 0 Å². The average molecular weight is 709 g/mol. The van der Waals surface area contributed by atoms with Gasteiger partial charge in [0.1, 0.15) is 0 Å². The molecule has 0 saturated heterocycles. The van der Waals surface area contributed by atoms with Crippen LogP contribution in [0, 0.1) is 0 Å². The molecule has 0 fully saturated rings. The Bertz CT molecular complexity index is 3290. The lowest BCUT2D eigenvalue weighted by atomic mass is 9.87. The van der Waals surface area contributed by atoms with Crippen LogP contribution in [0.2, 0.25) is 0 Å². The molecule has 11 aromatic carbocycles. The van der Waals surface area contributed by atoms with E-state index >= 15 is 0 Å². The predicted molar refractivity (Wildman–Crippen MR) is 241 cm³/mol. The van der Waals surface area contributed by atoms with Crippen LogP contribution in [-0.2, 0) is 0 Å². The van der Waals surface area contributed by atoms with Gasteiger partial charge >= 0.3 is 0 Å². The first kappa shape index (κ1) is 32.2. The molecule has 0 nitrogen and oxygen atoms in total. The molecule has 0 saturated carbocycles. The number of hydrogen-bond acceptors (Lipinski definition) is 0. The topological polar surface area (TPSA) is 0 Å². The van der Waals surface area contributed by atoms with E-state index in [1.807, 2.05) is 0 Å². The Balaban J connectivity index is 1.12. The van der Waals surface area contributed by atoms with E-state index in [0.717, 1.165) is 0 Å². The van der Waals surface area contributed by atoms with Crippen LogP contribution in [0.15, 0.2) is 218 Å². The van der Waals surface area contributed by atoms with Gasteiger partial charge in [-0.25, -0.2) is 0 Å². The average Bonchev–Trinajstić information content (AvgIpc) is 3.28. The second-order valence-corrected chi connectivity index (χ2v) is 14.9. The molecule has 0 heteroatoms. The Morgan fingerprint density at radius 1 is 0.161 bits per heavy atom. The molecule has 0 bridgehead atoms. The van der Waals surface area contributed by atoms with E-state index in [2.05, 4.69) is 218 Å². The standard InChI is InChI=1S/C56H36/c1-2-13-39(14-3-1)53-33-42-17-6-7-18-43(42)34-54(53)47-27-29-52-51-28-26-44(41-20-10-21-45(31-41)50-23-11-19-38-15-8-9-22-49(38)50)32-48(51)36-55(56(52)35-47)46-25-24-37-12-4-5-16-40(37)30-46/h1-36H. The summed E-state index contributed by atoms with van der Waals surface area (Å²) in [6, 6.07) is 80.5. The zero-order valence-corrected chi connectivity index (χ0v) is 30.8. The second-order valence-electron chi connectivity index (χ2n) is 14.9. The number of benzene rings is 11. The van der Waals surface area contributed by atoms with Crippen molar-refractivity contribution >= 4 is 53.9 Å². The van der Waals surface area contributed by atoms with E-state index in [9.17, 15) is 0 Å². The molecule has 0 aliphatic carbocycles. The van der Waals surface area contributed by atoms with E-state index in [-0.39, 0.29) is 0 Å². The summed E-state index contributed by atoms with van der Waals surface area (Å²) in [6.07, 6.45) is 0. The van der Waals surface area contributed by atoms with E-state index in [4.69, 9.17) is 0 Å². The summed E-state index contributed by atoms with van der Waals surface area (Å²) >= 11 is 0. The van der Waals surface area contributed by atoms with E-state index < -0.39 is 0 Å². The number of hydrogen-bond donors (Lipinski definition) is 0. The van der Waals surface area contributed by atoms with Gasteiger partial charge in [-0.15, -0.1) is 0 Å². The van der Waals surface area contributed by atoms with Gasteiger partial charge in [-0.05, 0) is 152 Å². The molecule has 0 unspecified atom stereocenters. The molecule has 0 N–H and O–H groups in total. The maximum Gasteiger partial charge on any atom is -0.00928 e. The fourth-order valence-electron chi connectivity index (χ4n) is 8.78. The van der Waals surface area contributed by atoms with Gasteiger partial charge in [0.15, 0.2) is 0 Å². The lowest BCUT2D eigenvalue weighted by Crippen LogP contribution is -1.90. The lowest BCUT2D eigenvalue weighted by Gasteiger charge is -2.17. The molecule has 260 valence electrons. The minimum absolute atomic E-state index is 1.21. The van der Waals surface area contributed by atoms with Crippen LogP contribution in [-0.4, -0.2) is 0 Å². The van der Waals surface area contributed by atoms with Crippen LogP contribution >= 0.6 is 0 Å². The maximum absolute atomic E-state index is 2.43. The number of fused-ring (bicyclic) bond motifs is 6. The molecule has 0 aliphatic rings. The molecule has 0 aromatic heterocycles. The highest BCUT2D eigenvalue weighted by molar-refractivity contribution is 6.16. The molecule has 0 aliphatic heterocycles. The smallest absolute Gasteiger partial charge is 0.00928 e. The SMILES string of the molecule is c1ccc(-c2cc3ccccc3cc2-c2ccc3c(c2)c(-c2ccc4ccccc4c2)cc2cc(-c4cccc(-c5cccc6ccccc56)c4)ccc23)cc1. The Morgan fingerprint density at radius 2 is 0.661 bits per heavy atom. The summed E-state index contributed by atoms with van der Waals surface area (Å²) in [5.41, 5.74) is 12.3. The second kappa shape index (κ2) is 13.2. The summed E-state index contributed by atoms with van der Waals surface area (Å²) < 4.78 is 0. The van der Waals surface area contributed by atoms with Crippen molar-refractivity contribution in [3.05, 3.63) is 218 Å². The zero-order valence-electron chi connectivity index (χ0n) is 30.8. The van der Waals surface area contributed by atoms with Crippen LogP contribution in [0.1, 0.15) is 0 Å². The van der Waals surface area contributed by atoms with Crippen molar-refractivity contribution in [1.82, 2.24) is 0 Å². The molecule has 0 amide bonds. The Labute approximate surface area is 326 Å². The fourth-order valence-corrected chi connectivity index (χ4v) is 8.78. The van der Waals surface area contributed by atoms with Gasteiger partial charge in [0.05, 0.1) is 0 Å². The quantitative estimate of drug-likeness (QED) is 0.156. The Kier molecular flexibility index (Phi) is 7.60. The summed E-state index contributed by atoms with van der Waals surface area (Å²) in [6.45, 7) is 0. The van der Waals surface area contributed by atoms with Crippen LogP contribution < -0.4 is 0 Å². The van der Waals surface area contributed by atoms with Gasteiger partial charge in [0.25, 0.3) is 0 Å². The third kappa shape index (κ3) is 5.54. The predicted octanol–water partition coefficient (Wildman–Crippen LogP) is 15.8. The highest BCUT2D eigenvalue weighted by atomic mass is 14.2. The Morgan fingerprint density at radius 3 is 1.48 bits per heavy atom. The van der Waals surface area contributed by atoms with Crippen molar-refractivity contribution in [2.75, 3.05) is 0 Å². The van der Waals surface area contributed by atoms with Gasteiger partial charge in [-0.2, -0.15) is 0 Å². The molecule has 56 heavy (non-hydrogen) atoms. The third-order valence-corrected chi connectivity index (χ3v) is 11.6. The number of rotatable bonds is 5. The van der Waals surface area contributed by atoms with Crippen molar-refractivity contribution in [3.8, 4) is 55.6 Å². The highest BCUT2D eigenvalue weighted by Crippen LogP contribution is 2.42. The summed E-state index contributed by atoms with van der Waals surface area (Å²) in [7, 11) is 0. The highest BCUT2D eigenvalue weighted by Gasteiger charge is 2.16. The summed E-state index contributed by atoms with van der Waals surface area (Å²) in [5, 5.41) is 12.5. The molecule has 0 atom stereocenters. The molecular formula is C56H36. The van der Waals surface area contributed by atoms with Crippen LogP contribution in [0.25, 0.3) is 109 Å². The first-order valence-electron chi connectivity index (χ1n) is 19.4. The van der Waals surface area contributed by atoms with Crippen molar-refractivity contribution in [2.45, 2.75) is 0 Å². The molecular weight excluding hydrogens is 673 g/mol. The molecule has 0 heterocycles. The minimum atomic E-state index is 1.21. The summed E-state index contributed by atoms with van der Waals surface area (Å²) in [5.74, 6) is 0. The van der Waals surface area contributed by atoms with Gasteiger partial charge in [0, 0.05) is 0 Å². The van der Waals surface area contributed by atoms with Crippen molar-refractivity contribution in [3.63, 3.8) is 0 Å². The zero-order chi connectivity index (χ0) is 37.0. The van der Waals surface area contributed by atoms with Gasteiger partial charge in [-0.3, -0.25) is 0 Å².